The topological polar surface area (TPSA) is 34.8 Å². The van der Waals surface area contributed by atoms with Gasteiger partial charge in [-0.15, -0.1) is 0 Å². The molecule has 0 aliphatic heterocycles. The second-order valence-electron chi connectivity index (χ2n) is 12.3. The van der Waals surface area contributed by atoms with Crippen molar-refractivity contribution in [3.05, 3.63) is 71.3 Å². The normalized spacial score (nSPS) is 16.7. The van der Waals surface area contributed by atoms with Crippen LogP contribution >= 0.6 is 0 Å². The molecule has 7 rings (SSSR count). The standard InChI is InChI=1S/C33H34N3O/c1-19-12-14-21-22-18-20-13-15-23-27(33(4,5)17-16-32(23,2)3)28(20)34-30(22)37-29(21)26(19)31-35(6)24-10-8-9-11-25(24)36(31)7/h8-15,18H,16-17H2,1-7H3/q+1. The lowest BCUT2D eigenvalue weighted by Crippen LogP contribution is -2.34. The van der Waals surface area contributed by atoms with E-state index in [0.717, 1.165) is 45.4 Å². The Morgan fingerprint density at radius 1 is 0.919 bits per heavy atom. The fraction of sp³-hybridized carbons (Fsp3) is 0.333. The summed E-state index contributed by atoms with van der Waals surface area (Å²) in [6.45, 7) is 11.6. The van der Waals surface area contributed by atoms with Crippen LogP contribution in [0.25, 0.3) is 55.4 Å². The number of benzene rings is 3. The average Bonchev–Trinajstić information content (AvgIpc) is 3.34. The van der Waals surface area contributed by atoms with Gasteiger partial charge in [0.05, 0.1) is 19.6 Å². The van der Waals surface area contributed by atoms with E-state index in [1.807, 2.05) is 0 Å². The van der Waals surface area contributed by atoms with Crippen LogP contribution in [0.2, 0.25) is 0 Å². The molecular weight excluding hydrogens is 454 g/mol. The molecule has 0 bridgehead atoms. The second-order valence-corrected chi connectivity index (χ2v) is 12.3. The number of hydrogen-bond acceptors (Lipinski definition) is 2. The first-order valence-electron chi connectivity index (χ1n) is 13.3. The summed E-state index contributed by atoms with van der Waals surface area (Å²) in [6, 6.07) is 19.9. The van der Waals surface area contributed by atoms with Crippen molar-refractivity contribution in [2.45, 2.75) is 58.3 Å². The smallest absolute Gasteiger partial charge is 0.293 e. The van der Waals surface area contributed by atoms with Gasteiger partial charge in [-0.2, -0.15) is 0 Å². The van der Waals surface area contributed by atoms with E-state index >= 15 is 0 Å². The van der Waals surface area contributed by atoms with E-state index in [1.165, 1.54) is 39.5 Å². The minimum Gasteiger partial charge on any atom is -0.437 e. The summed E-state index contributed by atoms with van der Waals surface area (Å²) in [4.78, 5) is 5.26. The molecule has 3 aromatic heterocycles. The lowest BCUT2D eigenvalue weighted by atomic mass is 9.62. The summed E-state index contributed by atoms with van der Waals surface area (Å²) < 4.78 is 11.3. The summed E-state index contributed by atoms with van der Waals surface area (Å²) in [6.07, 6.45) is 2.35. The van der Waals surface area contributed by atoms with Gasteiger partial charge < -0.3 is 4.42 Å². The number of imidazole rings is 1. The first-order valence-corrected chi connectivity index (χ1v) is 13.3. The van der Waals surface area contributed by atoms with E-state index in [-0.39, 0.29) is 10.8 Å². The lowest BCUT2D eigenvalue weighted by molar-refractivity contribution is -0.634. The number of fused-ring (bicyclic) bond motifs is 7. The van der Waals surface area contributed by atoms with Gasteiger partial charge in [-0.05, 0) is 65.5 Å². The Balaban J connectivity index is 1.58. The Kier molecular flexibility index (Phi) is 4.40. The Labute approximate surface area is 217 Å². The van der Waals surface area contributed by atoms with Gasteiger partial charge in [0.2, 0.25) is 5.71 Å². The van der Waals surface area contributed by atoms with Gasteiger partial charge in [0.15, 0.2) is 16.6 Å². The molecule has 4 nitrogen and oxygen atoms in total. The molecule has 0 saturated carbocycles. The number of aryl methyl sites for hydroxylation is 3. The maximum absolute atomic E-state index is 6.71. The highest BCUT2D eigenvalue weighted by atomic mass is 16.3. The van der Waals surface area contributed by atoms with Gasteiger partial charge in [0.1, 0.15) is 5.56 Å². The van der Waals surface area contributed by atoms with Crippen LogP contribution < -0.4 is 4.57 Å². The van der Waals surface area contributed by atoms with Crippen molar-refractivity contribution in [1.82, 2.24) is 9.55 Å². The maximum atomic E-state index is 6.71. The molecule has 3 aromatic carbocycles. The predicted molar refractivity (Wildman–Crippen MR) is 152 cm³/mol. The van der Waals surface area contributed by atoms with E-state index < -0.39 is 0 Å². The second kappa shape index (κ2) is 7.22. The third kappa shape index (κ3) is 2.96. The molecule has 0 fully saturated rings. The molecule has 1 aliphatic carbocycles. The van der Waals surface area contributed by atoms with Crippen LogP contribution in [0.3, 0.4) is 0 Å². The number of hydrogen-bond donors (Lipinski definition) is 0. The summed E-state index contributed by atoms with van der Waals surface area (Å²) in [5.74, 6) is 1.13. The first kappa shape index (κ1) is 22.5. The van der Waals surface area contributed by atoms with Gasteiger partial charge in [-0.1, -0.05) is 64.1 Å². The van der Waals surface area contributed by atoms with Crippen LogP contribution in [0, 0.1) is 6.92 Å². The van der Waals surface area contributed by atoms with Crippen molar-refractivity contribution in [3.8, 4) is 11.4 Å². The molecule has 0 amide bonds. The van der Waals surface area contributed by atoms with Crippen molar-refractivity contribution in [3.63, 3.8) is 0 Å². The predicted octanol–water partition coefficient (Wildman–Crippen LogP) is 7.77. The van der Waals surface area contributed by atoms with Crippen molar-refractivity contribution >= 4 is 44.0 Å². The number of nitrogens with zero attached hydrogens (tertiary/aromatic N) is 3. The zero-order valence-electron chi connectivity index (χ0n) is 22.9. The summed E-state index contributed by atoms with van der Waals surface area (Å²) in [5.41, 5.74) is 10.5. The maximum Gasteiger partial charge on any atom is 0.293 e. The highest BCUT2D eigenvalue weighted by Crippen LogP contribution is 2.49. The van der Waals surface area contributed by atoms with Crippen LogP contribution in [-0.4, -0.2) is 9.55 Å². The van der Waals surface area contributed by atoms with Gasteiger partial charge in [-0.25, -0.2) is 14.1 Å². The molecular formula is C33H34N3O+. The molecule has 1 aliphatic rings. The van der Waals surface area contributed by atoms with E-state index in [9.17, 15) is 0 Å². The van der Waals surface area contributed by atoms with Crippen molar-refractivity contribution in [1.29, 1.82) is 0 Å². The van der Waals surface area contributed by atoms with E-state index in [1.54, 1.807) is 0 Å². The summed E-state index contributed by atoms with van der Waals surface area (Å²) in [7, 11) is 4.28. The molecule has 186 valence electrons. The van der Waals surface area contributed by atoms with Crippen LogP contribution in [0.5, 0.6) is 0 Å². The molecule has 6 aromatic rings. The van der Waals surface area contributed by atoms with E-state index in [0.29, 0.717) is 0 Å². The highest BCUT2D eigenvalue weighted by Gasteiger charge is 2.39. The fourth-order valence-electron chi connectivity index (χ4n) is 6.82. The van der Waals surface area contributed by atoms with Crippen molar-refractivity contribution in [2.75, 3.05) is 0 Å². The van der Waals surface area contributed by atoms with Crippen LogP contribution in [0.4, 0.5) is 0 Å². The monoisotopic (exact) mass is 488 g/mol. The lowest BCUT2D eigenvalue weighted by Gasteiger charge is -2.42. The summed E-state index contributed by atoms with van der Waals surface area (Å²) in [5, 5.41) is 3.39. The third-order valence-electron chi connectivity index (χ3n) is 9.05. The van der Waals surface area contributed by atoms with Crippen molar-refractivity contribution < 1.29 is 8.98 Å². The van der Waals surface area contributed by atoms with Gasteiger partial charge in [0, 0.05) is 16.2 Å². The Morgan fingerprint density at radius 3 is 2.46 bits per heavy atom. The largest absolute Gasteiger partial charge is 0.437 e. The zero-order chi connectivity index (χ0) is 25.9. The number of furan rings is 1. The van der Waals surface area contributed by atoms with Gasteiger partial charge in [-0.3, -0.25) is 0 Å². The Morgan fingerprint density at radius 2 is 1.68 bits per heavy atom. The molecule has 0 atom stereocenters. The van der Waals surface area contributed by atoms with Crippen LogP contribution in [0.1, 0.15) is 57.2 Å². The van der Waals surface area contributed by atoms with E-state index in [2.05, 4.69) is 112 Å². The zero-order valence-corrected chi connectivity index (χ0v) is 22.9. The minimum absolute atomic E-state index is 0.0791. The summed E-state index contributed by atoms with van der Waals surface area (Å²) >= 11 is 0. The Hall–Kier alpha value is -3.66. The third-order valence-corrected chi connectivity index (χ3v) is 9.05. The van der Waals surface area contributed by atoms with Crippen LogP contribution in [-0.2, 0) is 24.9 Å². The molecule has 0 N–H and O–H groups in total. The number of rotatable bonds is 1. The van der Waals surface area contributed by atoms with E-state index in [4.69, 9.17) is 9.40 Å². The molecule has 0 saturated heterocycles. The Bertz CT molecular complexity index is 1880. The SMILES string of the molecule is Cc1ccc2c(oc3nc4c5c(ccc4cc32)C(C)(C)CCC5(C)C)c1-c1n(C)c2ccccc2[n+]1C. The van der Waals surface area contributed by atoms with Crippen LogP contribution in [0.15, 0.2) is 59.0 Å². The average molecular weight is 489 g/mol. The molecule has 4 heteroatoms. The number of pyridine rings is 1. The molecule has 3 heterocycles. The molecule has 0 unspecified atom stereocenters. The van der Waals surface area contributed by atoms with Gasteiger partial charge >= 0.3 is 0 Å². The molecule has 0 spiro atoms. The number of aromatic nitrogens is 3. The molecule has 0 radical (unpaired) electrons. The number of para-hydroxylation sites is 2. The molecule has 37 heavy (non-hydrogen) atoms. The minimum atomic E-state index is 0.0791. The fourth-order valence-corrected chi connectivity index (χ4v) is 6.82. The quantitative estimate of drug-likeness (QED) is 0.222. The van der Waals surface area contributed by atoms with Gasteiger partial charge in [0.25, 0.3) is 5.82 Å². The van der Waals surface area contributed by atoms with Crippen molar-refractivity contribution in [2.24, 2.45) is 14.1 Å². The highest BCUT2D eigenvalue weighted by molar-refractivity contribution is 6.11. The first-order chi connectivity index (χ1) is 17.6.